The molecule has 0 unspecified atom stereocenters. The Balaban J connectivity index is 1.94. The molecule has 0 atom stereocenters. The molecular weight excluding hydrogens is 254 g/mol. The molecule has 5 heteroatoms. The maximum absolute atomic E-state index is 12.2. The van der Waals surface area contributed by atoms with Gasteiger partial charge in [0.15, 0.2) is 0 Å². The Morgan fingerprint density at radius 1 is 1.15 bits per heavy atom. The number of nitrogens with two attached hydrogens (primary N) is 1. The van der Waals surface area contributed by atoms with E-state index in [1.807, 2.05) is 26.0 Å². The first-order valence-corrected chi connectivity index (χ1v) is 6.89. The molecule has 0 aliphatic carbocycles. The average molecular weight is 275 g/mol. The SMILES string of the molecule is Cc1cc(C)cc(NC(=O)C2CCN(C(N)=O)CC2)c1. The lowest BCUT2D eigenvalue weighted by atomic mass is 9.96. The summed E-state index contributed by atoms with van der Waals surface area (Å²) >= 11 is 0. The maximum atomic E-state index is 12.2. The van der Waals surface area contributed by atoms with Crippen LogP contribution in [0.15, 0.2) is 18.2 Å². The number of primary amides is 1. The van der Waals surface area contributed by atoms with E-state index in [0.29, 0.717) is 25.9 Å². The van der Waals surface area contributed by atoms with Gasteiger partial charge >= 0.3 is 6.03 Å². The van der Waals surface area contributed by atoms with E-state index in [0.717, 1.165) is 16.8 Å². The van der Waals surface area contributed by atoms with E-state index in [2.05, 4.69) is 11.4 Å². The summed E-state index contributed by atoms with van der Waals surface area (Å²) in [5.74, 6) is -0.0226. The average Bonchev–Trinajstić information content (AvgIpc) is 2.37. The van der Waals surface area contributed by atoms with E-state index in [1.165, 1.54) is 0 Å². The zero-order valence-electron chi connectivity index (χ0n) is 12.0. The number of benzene rings is 1. The standard InChI is InChI=1S/C15H21N3O2/c1-10-7-11(2)9-13(8-10)17-14(19)12-3-5-18(6-4-12)15(16)20/h7-9,12H,3-6H2,1-2H3,(H2,16,20)(H,17,19). The van der Waals surface area contributed by atoms with Crippen molar-refractivity contribution < 1.29 is 9.59 Å². The number of rotatable bonds is 2. The zero-order valence-corrected chi connectivity index (χ0v) is 12.0. The van der Waals surface area contributed by atoms with Gasteiger partial charge in [-0.1, -0.05) is 6.07 Å². The molecule has 3 amide bonds. The fraction of sp³-hybridized carbons (Fsp3) is 0.467. The third-order valence-electron chi connectivity index (χ3n) is 3.67. The monoisotopic (exact) mass is 275 g/mol. The van der Waals surface area contributed by atoms with E-state index in [1.54, 1.807) is 4.90 Å². The summed E-state index contributed by atoms with van der Waals surface area (Å²) in [6, 6.07) is 5.59. The van der Waals surface area contributed by atoms with Crippen molar-refractivity contribution in [3.05, 3.63) is 29.3 Å². The van der Waals surface area contributed by atoms with Gasteiger partial charge in [-0.2, -0.15) is 0 Å². The van der Waals surface area contributed by atoms with Crippen LogP contribution in [0.3, 0.4) is 0 Å². The van der Waals surface area contributed by atoms with Crippen LogP contribution in [0.1, 0.15) is 24.0 Å². The molecule has 0 bridgehead atoms. The van der Waals surface area contributed by atoms with Crippen molar-refractivity contribution in [2.75, 3.05) is 18.4 Å². The molecule has 1 heterocycles. The number of nitrogens with zero attached hydrogens (tertiary/aromatic N) is 1. The lowest BCUT2D eigenvalue weighted by molar-refractivity contribution is -0.121. The Morgan fingerprint density at radius 3 is 2.20 bits per heavy atom. The highest BCUT2D eigenvalue weighted by Gasteiger charge is 2.26. The minimum absolute atomic E-state index is 0.0270. The summed E-state index contributed by atoms with van der Waals surface area (Å²) in [7, 11) is 0. The van der Waals surface area contributed by atoms with Crippen LogP contribution in [-0.2, 0) is 4.79 Å². The molecule has 108 valence electrons. The van der Waals surface area contributed by atoms with Gasteiger partial charge in [-0.3, -0.25) is 4.79 Å². The summed E-state index contributed by atoms with van der Waals surface area (Å²) in [6.45, 7) is 5.13. The van der Waals surface area contributed by atoms with E-state index in [9.17, 15) is 9.59 Å². The Labute approximate surface area is 119 Å². The van der Waals surface area contributed by atoms with Gasteiger partial charge < -0.3 is 16.0 Å². The predicted octanol–water partition coefficient (Wildman–Crippen LogP) is 2.03. The van der Waals surface area contributed by atoms with Crippen LogP contribution >= 0.6 is 0 Å². The maximum Gasteiger partial charge on any atom is 0.314 e. The van der Waals surface area contributed by atoms with Crippen molar-refractivity contribution in [1.29, 1.82) is 0 Å². The topological polar surface area (TPSA) is 75.4 Å². The highest BCUT2D eigenvalue weighted by atomic mass is 16.2. The van der Waals surface area contributed by atoms with Gasteiger partial charge in [-0.25, -0.2) is 4.79 Å². The molecule has 20 heavy (non-hydrogen) atoms. The Bertz CT molecular complexity index is 500. The van der Waals surface area contributed by atoms with Crippen LogP contribution < -0.4 is 11.1 Å². The largest absolute Gasteiger partial charge is 0.351 e. The molecule has 1 aliphatic rings. The lowest BCUT2D eigenvalue weighted by Crippen LogP contribution is -2.43. The van der Waals surface area contributed by atoms with Crippen molar-refractivity contribution >= 4 is 17.6 Å². The smallest absolute Gasteiger partial charge is 0.314 e. The molecular formula is C15H21N3O2. The number of aryl methyl sites for hydroxylation is 2. The second-order valence-corrected chi connectivity index (χ2v) is 5.47. The van der Waals surface area contributed by atoms with Crippen molar-refractivity contribution in [3.63, 3.8) is 0 Å². The number of carbonyl (C=O) groups is 2. The van der Waals surface area contributed by atoms with Gasteiger partial charge in [-0.15, -0.1) is 0 Å². The number of carbonyl (C=O) groups excluding carboxylic acids is 2. The molecule has 3 N–H and O–H groups in total. The van der Waals surface area contributed by atoms with Gasteiger partial charge in [0.1, 0.15) is 0 Å². The number of anilines is 1. The van der Waals surface area contributed by atoms with Crippen molar-refractivity contribution in [1.82, 2.24) is 4.90 Å². The quantitative estimate of drug-likeness (QED) is 0.866. The zero-order chi connectivity index (χ0) is 14.7. The van der Waals surface area contributed by atoms with Crippen LogP contribution in [-0.4, -0.2) is 29.9 Å². The third kappa shape index (κ3) is 3.50. The fourth-order valence-electron chi connectivity index (χ4n) is 2.65. The molecule has 2 rings (SSSR count). The first kappa shape index (κ1) is 14.4. The first-order chi connectivity index (χ1) is 9.45. The van der Waals surface area contributed by atoms with Crippen LogP contribution in [0.2, 0.25) is 0 Å². The van der Waals surface area contributed by atoms with Crippen LogP contribution in [0.25, 0.3) is 0 Å². The molecule has 1 aromatic rings. The Morgan fingerprint density at radius 2 is 1.70 bits per heavy atom. The number of urea groups is 1. The van der Waals surface area contributed by atoms with Gasteiger partial charge in [0.25, 0.3) is 0 Å². The fourth-order valence-corrected chi connectivity index (χ4v) is 2.65. The molecule has 5 nitrogen and oxygen atoms in total. The number of hydrogen-bond acceptors (Lipinski definition) is 2. The number of likely N-dealkylation sites (tertiary alicyclic amines) is 1. The molecule has 0 aromatic heterocycles. The second kappa shape index (κ2) is 5.94. The Hall–Kier alpha value is -2.04. The van der Waals surface area contributed by atoms with Crippen molar-refractivity contribution in [2.45, 2.75) is 26.7 Å². The van der Waals surface area contributed by atoms with E-state index in [4.69, 9.17) is 5.73 Å². The molecule has 1 aromatic carbocycles. The molecule has 1 saturated heterocycles. The summed E-state index contributed by atoms with van der Waals surface area (Å²) in [4.78, 5) is 24.8. The van der Waals surface area contributed by atoms with Crippen LogP contribution in [0.5, 0.6) is 0 Å². The molecule has 0 spiro atoms. The van der Waals surface area contributed by atoms with E-state index < -0.39 is 6.03 Å². The minimum Gasteiger partial charge on any atom is -0.351 e. The summed E-state index contributed by atoms with van der Waals surface area (Å²) in [6.07, 6.45) is 1.33. The first-order valence-electron chi connectivity index (χ1n) is 6.89. The molecule has 0 radical (unpaired) electrons. The van der Waals surface area contributed by atoms with Crippen LogP contribution in [0, 0.1) is 19.8 Å². The van der Waals surface area contributed by atoms with Gasteiger partial charge in [0, 0.05) is 24.7 Å². The molecule has 0 saturated carbocycles. The Kier molecular flexibility index (Phi) is 4.27. The van der Waals surface area contributed by atoms with E-state index >= 15 is 0 Å². The number of hydrogen-bond donors (Lipinski definition) is 2. The van der Waals surface area contributed by atoms with Crippen LogP contribution in [0.4, 0.5) is 10.5 Å². The number of amides is 3. The highest BCUT2D eigenvalue weighted by molar-refractivity contribution is 5.92. The van der Waals surface area contributed by atoms with E-state index in [-0.39, 0.29) is 11.8 Å². The predicted molar refractivity (Wildman–Crippen MR) is 78.4 cm³/mol. The van der Waals surface area contributed by atoms with Gasteiger partial charge in [0.05, 0.1) is 0 Å². The van der Waals surface area contributed by atoms with Crippen molar-refractivity contribution in [3.8, 4) is 0 Å². The summed E-state index contributed by atoms with van der Waals surface area (Å²) in [5.41, 5.74) is 8.33. The van der Waals surface area contributed by atoms with Gasteiger partial charge in [0.2, 0.25) is 5.91 Å². The third-order valence-corrected chi connectivity index (χ3v) is 3.67. The molecule has 1 fully saturated rings. The van der Waals surface area contributed by atoms with Crippen molar-refractivity contribution in [2.24, 2.45) is 11.7 Å². The normalized spacial score (nSPS) is 16.0. The summed E-state index contributed by atoms with van der Waals surface area (Å²) in [5, 5.41) is 2.96. The van der Waals surface area contributed by atoms with Gasteiger partial charge in [-0.05, 0) is 49.9 Å². The summed E-state index contributed by atoms with van der Waals surface area (Å²) < 4.78 is 0. The number of piperidine rings is 1. The number of nitrogens with one attached hydrogen (secondary N) is 1. The molecule has 1 aliphatic heterocycles. The lowest BCUT2D eigenvalue weighted by Gasteiger charge is -2.30. The second-order valence-electron chi connectivity index (χ2n) is 5.47. The minimum atomic E-state index is -0.404. The highest BCUT2D eigenvalue weighted by Crippen LogP contribution is 2.20.